The van der Waals surface area contributed by atoms with E-state index in [1.807, 2.05) is 0 Å². The van der Waals surface area contributed by atoms with Crippen molar-refractivity contribution in [2.75, 3.05) is 13.1 Å². The van der Waals surface area contributed by atoms with Crippen LogP contribution in [-0.2, 0) is 4.79 Å². The highest BCUT2D eigenvalue weighted by molar-refractivity contribution is 5.79. The van der Waals surface area contributed by atoms with Gasteiger partial charge in [-0.15, -0.1) is 0 Å². The fraction of sp³-hybridized carbons (Fsp3) is 0.900. The second-order valence-electron chi connectivity index (χ2n) is 4.03. The number of piperidine rings is 1. The smallest absolute Gasteiger partial charge is 0.135 e. The number of hydrogen-bond acceptors (Lipinski definition) is 2. The van der Waals surface area contributed by atoms with Crippen LogP contribution in [0.4, 0.5) is 0 Å². The maximum atomic E-state index is 11.2. The van der Waals surface area contributed by atoms with Crippen molar-refractivity contribution in [3.8, 4) is 0 Å². The Morgan fingerprint density at radius 3 is 3.00 bits per heavy atom. The van der Waals surface area contributed by atoms with Crippen molar-refractivity contribution in [2.45, 2.75) is 44.6 Å². The fourth-order valence-electron chi connectivity index (χ4n) is 2.40. The summed E-state index contributed by atoms with van der Waals surface area (Å²) in [6, 6.07) is 0.605. The molecule has 0 saturated carbocycles. The molecule has 1 atom stereocenters. The van der Waals surface area contributed by atoms with Gasteiger partial charge in [0.25, 0.3) is 0 Å². The summed E-state index contributed by atoms with van der Waals surface area (Å²) in [6.07, 6.45) is 6.92. The molecule has 0 aromatic heterocycles. The Kier molecular flexibility index (Phi) is 2.45. The third-order valence-electron chi connectivity index (χ3n) is 3.14. The Morgan fingerprint density at radius 2 is 2.08 bits per heavy atom. The molecule has 0 aliphatic carbocycles. The highest BCUT2D eigenvalue weighted by atomic mass is 16.1. The normalized spacial score (nSPS) is 32.7. The van der Waals surface area contributed by atoms with Crippen LogP contribution in [0.2, 0.25) is 0 Å². The zero-order chi connectivity index (χ0) is 8.39. The molecular weight excluding hydrogens is 150 g/mol. The summed E-state index contributed by atoms with van der Waals surface area (Å²) in [5.74, 6) is 0.484. The lowest BCUT2D eigenvalue weighted by Crippen LogP contribution is -2.42. The first-order chi connectivity index (χ1) is 5.86. The van der Waals surface area contributed by atoms with E-state index < -0.39 is 0 Å². The van der Waals surface area contributed by atoms with E-state index in [2.05, 4.69) is 4.90 Å². The van der Waals surface area contributed by atoms with Crippen LogP contribution in [-0.4, -0.2) is 29.8 Å². The Labute approximate surface area is 73.9 Å². The van der Waals surface area contributed by atoms with Crippen LogP contribution < -0.4 is 0 Å². The lowest BCUT2D eigenvalue weighted by atomic mass is 9.98. The average molecular weight is 167 g/mol. The molecule has 0 radical (unpaired) electrons. The predicted octanol–water partition coefficient (Wildman–Crippen LogP) is 1.59. The van der Waals surface area contributed by atoms with Gasteiger partial charge in [0.2, 0.25) is 0 Å². The van der Waals surface area contributed by atoms with Gasteiger partial charge in [-0.3, -0.25) is 9.69 Å². The monoisotopic (exact) mass is 167 g/mol. The van der Waals surface area contributed by atoms with Crippen molar-refractivity contribution in [3.05, 3.63) is 0 Å². The average Bonchev–Trinajstić information content (AvgIpc) is 2.28. The van der Waals surface area contributed by atoms with Gasteiger partial charge < -0.3 is 0 Å². The topological polar surface area (TPSA) is 20.3 Å². The third kappa shape index (κ3) is 1.69. The first kappa shape index (κ1) is 8.24. The summed E-state index contributed by atoms with van der Waals surface area (Å²) in [7, 11) is 0. The van der Waals surface area contributed by atoms with E-state index in [0.29, 0.717) is 11.8 Å². The van der Waals surface area contributed by atoms with Crippen molar-refractivity contribution >= 4 is 5.78 Å². The van der Waals surface area contributed by atoms with Gasteiger partial charge in [0.15, 0.2) is 0 Å². The van der Waals surface area contributed by atoms with E-state index in [-0.39, 0.29) is 0 Å². The molecular formula is C10H17NO. The number of carbonyl (C=O) groups is 1. The Balaban J connectivity index is 1.99. The number of rotatable bonds is 0. The molecule has 2 nitrogen and oxygen atoms in total. The standard InChI is InChI=1S/C10H17NO/c12-10-5-7-11-6-3-1-2-4-9(11)8-10/h9H,1-8H2. The van der Waals surface area contributed by atoms with Gasteiger partial charge >= 0.3 is 0 Å². The second kappa shape index (κ2) is 3.56. The molecule has 2 saturated heterocycles. The SMILES string of the molecule is O=C1CCN2CCCCCC2C1. The number of Topliss-reactive ketones (excluding diaryl/α,β-unsaturated/α-hetero) is 1. The van der Waals surface area contributed by atoms with Crippen molar-refractivity contribution in [3.63, 3.8) is 0 Å². The zero-order valence-corrected chi connectivity index (χ0v) is 7.59. The molecule has 0 N–H and O–H groups in total. The number of ketones is 1. The molecule has 2 aliphatic rings. The minimum atomic E-state index is 0.484. The van der Waals surface area contributed by atoms with Gasteiger partial charge in [0.1, 0.15) is 5.78 Å². The maximum Gasteiger partial charge on any atom is 0.135 e. The van der Waals surface area contributed by atoms with Crippen LogP contribution in [0.15, 0.2) is 0 Å². The van der Waals surface area contributed by atoms with Gasteiger partial charge in [-0.2, -0.15) is 0 Å². The lowest BCUT2D eigenvalue weighted by molar-refractivity contribution is -0.123. The number of hydrogen-bond donors (Lipinski definition) is 0. The minimum Gasteiger partial charge on any atom is -0.300 e. The van der Waals surface area contributed by atoms with Crippen LogP contribution in [0.5, 0.6) is 0 Å². The summed E-state index contributed by atoms with van der Waals surface area (Å²) in [4.78, 5) is 13.7. The molecule has 0 aromatic carbocycles. The number of fused-ring (bicyclic) bond motifs is 1. The van der Waals surface area contributed by atoms with E-state index in [1.54, 1.807) is 0 Å². The molecule has 12 heavy (non-hydrogen) atoms. The van der Waals surface area contributed by atoms with E-state index in [0.717, 1.165) is 19.4 Å². The van der Waals surface area contributed by atoms with Crippen molar-refractivity contribution < 1.29 is 4.79 Å². The third-order valence-corrected chi connectivity index (χ3v) is 3.14. The Hall–Kier alpha value is -0.370. The van der Waals surface area contributed by atoms with Gasteiger partial charge in [0.05, 0.1) is 0 Å². The molecule has 2 heteroatoms. The summed E-state index contributed by atoms with van der Waals surface area (Å²) >= 11 is 0. The van der Waals surface area contributed by atoms with E-state index in [9.17, 15) is 4.79 Å². The van der Waals surface area contributed by atoms with Crippen LogP contribution in [0.3, 0.4) is 0 Å². The molecule has 2 heterocycles. The highest BCUT2D eigenvalue weighted by Gasteiger charge is 2.27. The summed E-state index contributed by atoms with van der Waals surface area (Å²) in [6.45, 7) is 2.27. The van der Waals surface area contributed by atoms with Gasteiger partial charge in [-0.1, -0.05) is 12.8 Å². The number of nitrogens with zero attached hydrogens (tertiary/aromatic N) is 1. The van der Waals surface area contributed by atoms with E-state index in [1.165, 1.54) is 32.2 Å². The molecule has 0 spiro atoms. The van der Waals surface area contributed by atoms with Gasteiger partial charge in [-0.25, -0.2) is 0 Å². The van der Waals surface area contributed by atoms with Gasteiger partial charge in [-0.05, 0) is 19.4 Å². The van der Waals surface area contributed by atoms with Crippen molar-refractivity contribution in [2.24, 2.45) is 0 Å². The number of carbonyl (C=O) groups excluding carboxylic acids is 1. The Bertz CT molecular complexity index is 179. The lowest BCUT2D eigenvalue weighted by Gasteiger charge is -2.33. The van der Waals surface area contributed by atoms with Crippen LogP contribution >= 0.6 is 0 Å². The Morgan fingerprint density at radius 1 is 1.17 bits per heavy atom. The van der Waals surface area contributed by atoms with Gasteiger partial charge in [0, 0.05) is 25.4 Å². The zero-order valence-electron chi connectivity index (χ0n) is 7.59. The van der Waals surface area contributed by atoms with E-state index >= 15 is 0 Å². The predicted molar refractivity (Wildman–Crippen MR) is 48.1 cm³/mol. The largest absolute Gasteiger partial charge is 0.300 e. The fourth-order valence-corrected chi connectivity index (χ4v) is 2.40. The van der Waals surface area contributed by atoms with Crippen LogP contribution in [0.1, 0.15) is 38.5 Å². The summed E-state index contributed by atoms with van der Waals surface area (Å²) < 4.78 is 0. The summed E-state index contributed by atoms with van der Waals surface area (Å²) in [5, 5.41) is 0. The minimum absolute atomic E-state index is 0.484. The quantitative estimate of drug-likeness (QED) is 0.546. The molecule has 68 valence electrons. The molecule has 1 unspecified atom stereocenters. The van der Waals surface area contributed by atoms with Crippen molar-refractivity contribution in [1.29, 1.82) is 0 Å². The second-order valence-corrected chi connectivity index (χ2v) is 4.03. The summed E-state index contributed by atoms with van der Waals surface area (Å²) in [5.41, 5.74) is 0. The van der Waals surface area contributed by atoms with Crippen LogP contribution in [0.25, 0.3) is 0 Å². The van der Waals surface area contributed by atoms with Crippen molar-refractivity contribution in [1.82, 2.24) is 4.90 Å². The van der Waals surface area contributed by atoms with E-state index in [4.69, 9.17) is 0 Å². The maximum absolute atomic E-state index is 11.2. The highest BCUT2D eigenvalue weighted by Crippen LogP contribution is 2.23. The molecule has 0 aromatic rings. The molecule has 0 bridgehead atoms. The molecule has 2 fully saturated rings. The molecule has 0 amide bonds. The van der Waals surface area contributed by atoms with Crippen LogP contribution in [0, 0.1) is 0 Å². The molecule has 2 rings (SSSR count). The first-order valence-corrected chi connectivity index (χ1v) is 5.12. The molecule has 2 aliphatic heterocycles. The first-order valence-electron chi connectivity index (χ1n) is 5.12.